The topological polar surface area (TPSA) is 58.8 Å². The molecule has 0 aromatic heterocycles. The van der Waals surface area contributed by atoms with Gasteiger partial charge in [-0.1, -0.05) is 12.1 Å². The van der Waals surface area contributed by atoms with Gasteiger partial charge in [-0.3, -0.25) is 4.79 Å². The van der Waals surface area contributed by atoms with Crippen molar-refractivity contribution in [3.63, 3.8) is 0 Å². The lowest BCUT2D eigenvalue weighted by atomic mass is 10.2. The van der Waals surface area contributed by atoms with Crippen LogP contribution < -0.4 is 15.4 Å². The Hall–Kier alpha value is -1.75. The molecule has 0 unspecified atom stereocenters. The van der Waals surface area contributed by atoms with Gasteiger partial charge in [0, 0.05) is 33.6 Å². The predicted molar refractivity (Wildman–Crippen MR) is 82.2 cm³/mol. The first-order valence-electron chi connectivity index (χ1n) is 6.88. The van der Waals surface area contributed by atoms with Gasteiger partial charge in [0.15, 0.2) is 0 Å². The van der Waals surface area contributed by atoms with Gasteiger partial charge in [0.25, 0.3) is 0 Å². The first kappa shape index (κ1) is 16.3. The molecule has 0 saturated carbocycles. The van der Waals surface area contributed by atoms with Crippen molar-refractivity contribution < 1.29 is 9.53 Å². The van der Waals surface area contributed by atoms with E-state index < -0.39 is 0 Å². The summed E-state index contributed by atoms with van der Waals surface area (Å²) < 4.78 is 5.39. The summed E-state index contributed by atoms with van der Waals surface area (Å²) in [5.74, 6) is 0.944. The van der Waals surface area contributed by atoms with E-state index in [0.717, 1.165) is 24.4 Å². The quantitative estimate of drug-likeness (QED) is 0.780. The number of benzene rings is 1. The van der Waals surface area contributed by atoms with E-state index in [2.05, 4.69) is 4.90 Å². The normalized spacial score (nSPS) is 10.2. The molecule has 20 heavy (non-hydrogen) atoms. The van der Waals surface area contributed by atoms with Gasteiger partial charge in [-0.05, 0) is 25.1 Å². The van der Waals surface area contributed by atoms with Crippen molar-refractivity contribution in [2.45, 2.75) is 12.8 Å². The highest BCUT2D eigenvalue weighted by Crippen LogP contribution is 2.27. The number of carbonyl (C=O) groups is 1. The number of carbonyl (C=O) groups excluding carboxylic acids is 1. The van der Waals surface area contributed by atoms with E-state index in [4.69, 9.17) is 10.5 Å². The molecule has 0 atom stereocenters. The Balaban J connectivity index is 2.80. The van der Waals surface area contributed by atoms with Crippen molar-refractivity contribution in [3.8, 4) is 5.75 Å². The molecule has 0 fully saturated rings. The molecule has 5 nitrogen and oxygen atoms in total. The fourth-order valence-electron chi connectivity index (χ4n) is 1.98. The monoisotopic (exact) mass is 279 g/mol. The molecule has 112 valence electrons. The van der Waals surface area contributed by atoms with Gasteiger partial charge in [-0.25, -0.2) is 0 Å². The van der Waals surface area contributed by atoms with E-state index in [1.54, 1.807) is 26.1 Å². The molecule has 0 aliphatic carbocycles. The number of amides is 1. The molecular weight excluding hydrogens is 254 g/mol. The van der Waals surface area contributed by atoms with E-state index in [1.807, 2.05) is 24.3 Å². The van der Waals surface area contributed by atoms with Gasteiger partial charge in [0.1, 0.15) is 5.75 Å². The highest BCUT2D eigenvalue weighted by atomic mass is 16.5. The van der Waals surface area contributed by atoms with Crippen LogP contribution in [0.5, 0.6) is 5.75 Å². The van der Waals surface area contributed by atoms with E-state index in [0.29, 0.717) is 19.5 Å². The molecule has 5 heteroatoms. The number of anilines is 1. The van der Waals surface area contributed by atoms with Crippen LogP contribution >= 0.6 is 0 Å². The third-order valence-corrected chi connectivity index (χ3v) is 3.15. The molecule has 1 aromatic rings. The smallest absolute Gasteiger partial charge is 0.223 e. The summed E-state index contributed by atoms with van der Waals surface area (Å²) >= 11 is 0. The number of ether oxygens (including phenoxy) is 1. The third-order valence-electron chi connectivity index (χ3n) is 3.15. The number of methoxy groups -OCH3 is 1. The van der Waals surface area contributed by atoms with Crippen LogP contribution in [0.1, 0.15) is 12.8 Å². The Morgan fingerprint density at radius 3 is 2.55 bits per heavy atom. The second-order valence-corrected chi connectivity index (χ2v) is 4.84. The molecule has 0 heterocycles. The zero-order valence-corrected chi connectivity index (χ0v) is 12.6. The number of rotatable bonds is 8. The third kappa shape index (κ3) is 4.74. The Labute approximate surface area is 121 Å². The zero-order chi connectivity index (χ0) is 15.0. The lowest BCUT2D eigenvalue weighted by Gasteiger charge is -2.26. The minimum Gasteiger partial charge on any atom is -0.495 e. The summed E-state index contributed by atoms with van der Waals surface area (Å²) in [6.07, 6.45) is 1.36. The van der Waals surface area contributed by atoms with Crippen LogP contribution in [-0.2, 0) is 4.79 Å². The summed E-state index contributed by atoms with van der Waals surface area (Å²) in [6.45, 7) is 2.11. The van der Waals surface area contributed by atoms with Crippen LogP contribution in [0.25, 0.3) is 0 Å². The lowest BCUT2D eigenvalue weighted by Crippen LogP contribution is -2.32. The molecule has 2 N–H and O–H groups in total. The van der Waals surface area contributed by atoms with Gasteiger partial charge < -0.3 is 20.3 Å². The van der Waals surface area contributed by atoms with Crippen molar-refractivity contribution in [1.82, 2.24) is 4.90 Å². The summed E-state index contributed by atoms with van der Waals surface area (Å²) in [5, 5.41) is 0. The van der Waals surface area contributed by atoms with E-state index in [-0.39, 0.29) is 5.91 Å². The van der Waals surface area contributed by atoms with Crippen LogP contribution in [0.3, 0.4) is 0 Å². The fourth-order valence-corrected chi connectivity index (χ4v) is 1.98. The highest BCUT2D eigenvalue weighted by molar-refractivity contribution is 5.76. The molecule has 1 amide bonds. The minimum absolute atomic E-state index is 0.123. The van der Waals surface area contributed by atoms with Crippen LogP contribution in [0, 0.1) is 0 Å². The van der Waals surface area contributed by atoms with Crippen LogP contribution in [0.15, 0.2) is 24.3 Å². The number of hydrogen-bond acceptors (Lipinski definition) is 4. The second-order valence-electron chi connectivity index (χ2n) is 4.84. The Morgan fingerprint density at radius 1 is 1.25 bits per heavy atom. The Kier molecular flexibility index (Phi) is 6.87. The predicted octanol–water partition coefficient (Wildman–Crippen LogP) is 1.33. The second kappa shape index (κ2) is 8.43. The molecule has 1 aromatic carbocycles. The maximum Gasteiger partial charge on any atom is 0.223 e. The van der Waals surface area contributed by atoms with Crippen molar-refractivity contribution in [1.29, 1.82) is 0 Å². The van der Waals surface area contributed by atoms with Gasteiger partial charge in [-0.2, -0.15) is 0 Å². The van der Waals surface area contributed by atoms with E-state index in [1.165, 1.54) is 0 Å². The van der Waals surface area contributed by atoms with Crippen LogP contribution in [0.4, 0.5) is 5.69 Å². The summed E-state index contributed by atoms with van der Waals surface area (Å²) in [4.78, 5) is 15.5. The van der Waals surface area contributed by atoms with Gasteiger partial charge >= 0.3 is 0 Å². The maximum absolute atomic E-state index is 11.8. The Bertz CT molecular complexity index is 421. The maximum atomic E-state index is 11.8. The van der Waals surface area contributed by atoms with Gasteiger partial charge in [-0.15, -0.1) is 0 Å². The largest absolute Gasteiger partial charge is 0.495 e. The van der Waals surface area contributed by atoms with Gasteiger partial charge in [0.05, 0.1) is 12.8 Å². The van der Waals surface area contributed by atoms with Crippen molar-refractivity contribution in [3.05, 3.63) is 24.3 Å². The lowest BCUT2D eigenvalue weighted by molar-refractivity contribution is -0.128. The number of nitrogens with two attached hydrogens (primary N) is 1. The molecule has 0 saturated heterocycles. The zero-order valence-electron chi connectivity index (χ0n) is 12.6. The summed E-state index contributed by atoms with van der Waals surface area (Å²) in [5.41, 5.74) is 6.61. The molecule has 0 bridgehead atoms. The van der Waals surface area contributed by atoms with Crippen molar-refractivity contribution in [2.24, 2.45) is 5.73 Å². The first-order valence-corrected chi connectivity index (χ1v) is 6.88. The van der Waals surface area contributed by atoms with Crippen LogP contribution in [0.2, 0.25) is 0 Å². The number of nitrogens with zero attached hydrogens (tertiary/aromatic N) is 2. The van der Waals surface area contributed by atoms with Crippen molar-refractivity contribution >= 4 is 11.6 Å². The number of para-hydroxylation sites is 2. The summed E-state index contributed by atoms with van der Waals surface area (Å²) in [6, 6.07) is 7.85. The SMILES string of the molecule is COc1ccccc1N(CCCN)CCC(=O)N(C)C. The minimum atomic E-state index is 0.123. The average molecular weight is 279 g/mol. The van der Waals surface area contributed by atoms with Crippen molar-refractivity contribution in [2.75, 3.05) is 45.7 Å². The molecule has 0 radical (unpaired) electrons. The van der Waals surface area contributed by atoms with Gasteiger partial charge in [0.2, 0.25) is 5.91 Å². The average Bonchev–Trinajstić information content (AvgIpc) is 2.47. The molecule has 0 spiro atoms. The molecule has 1 rings (SSSR count). The molecular formula is C15H25N3O2. The standard InChI is InChI=1S/C15H25N3O2/c1-17(2)15(19)9-12-18(11-6-10-16)13-7-4-5-8-14(13)20-3/h4-5,7-8H,6,9-12,16H2,1-3H3. The Morgan fingerprint density at radius 2 is 1.95 bits per heavy atom. The van der Waals surface area contributed by atoms with E-state index >= 15 is 0 Å². The molecule has 0 aliphatic rings. The van der Waals surface area contributed by atoms with Crippen LogP contribution in [-0.4, -0.2) is 51.6 Å². The summed E-state index contributed by atoms with van der Waals surface area (Å²) in [7, 11) is 5.20. The van der Waals surface area contributed by atoms with E-state index in [9.17, 15) is 4.79 Å². The molecule has 0 aliphatic heterocycles. The number of hydrogen-bond donors (Lipinski definition) is 1. The fraction of sp³-hybridized carbons (Fsp3) is 0.533. The highest BCUT2D eigenvalue weighted by Gasteiger charge is 2.13. The first-order chi connectivity index (χ1) is 9.60.